The highest BCUT2D eigenvalue weighted by atomic mass is 16.2. The monoisotopic (exact) mass is 286 g/mol. The topological polar surface area (TPSA) is 32.3 Å². The lowest BCUT2D eigenvalue weighted by Crippen LogP contribution is -2.39. The van der Waals surface area contributed by atoms with E-state index in [1.807, 2.05) is 6.07 Å². The summed E-state index contributed by atoms with van der Waals surface area (Å²) in [6.45, 7) is 5.07. The van der Waals surface area contributed by atoms with Crippen molar-refractivity contribution in [1.82, 2.24) is 10.2 Å². The SMILES string of the molecule is CCC1CCCCCN1C(=O)c1ccc2c(c1)CNCC2. The van der Waals surface area contributed by atoms with Crippen LogP contribution in [0.25, 0.3) is 0 Å². The number of fused-ring (bicyclic) bond motifs is 1. The molecule has 3 rings (SSSR count). The molecule has 0 aliphatic carbocycles. The summed E-state index contributed by atoms with van der Waals surface area (Å²) < 4.78 is 0. The van der Waals surface area contributed by atoms with Crippen LogP contribution in [0.2, 0.25) is 0 Å². The summed E-state index contributed by atoms with van der Waals surface area (Å²) >= 11 is 0. The van der Waals surface area contributed by atoms with Gasteiger partial charge in [-0.2, -0.15) is 0 Å². The Balaban J connectivity index is 1.83. The van der Waals surface area contributed by atoms with Crippen molar-refractivity contribution in [3.8, 4) is 0 Å². The summed E-state index contributed by atoms with van der Waals surface area (Å²) in [5, 5.41) is 3.39. The number of rotatable bonds is 2. The van der Waals surface area contributed by atoms with Crippen molar-refractivity contribution in [1.29, 1.82) is 0 Å². The fourth-order valence-corrected chi connectivity index (χ4v) is 3.65. The number of nitrogens with zero attached hydrogens (tertiary/aromatic N) is 1. The standard InChI is InChI=1S/C18H26N2O/c1-2-17-6-4-3-5-11-20(17)18(21)15-8-7-14-9-10-19-13-16(14)12-15/h7-8,12,17,19H,2-6,9-11,13H2,1H3. The zero-order valence-electron chi connectivity index (χ0n) is 13.0. The van der Waals surface area contributed by atoms with E-state index in [-0.39, 0.29) is 5.91 Å². The zero-order valence-corrected chi connectivity index (χ0v) is 13.0. The first-order chi connectivity index (χ1) is 10.3. The smallest absolute Gasteiger partial charge is 0.254 e. The molecule has 1 atom stereocenters. The molecule has 0 radical (unpaired) electrons. The van der Waals surface area contributed by atoms with Gasteiger partial charge < -0.3 is 10.2 Å². The second kappa shape index (κ2) is 6.61. The van der Waals surface area contributed by atoms with Gasteiger partial charge in [0.2, 0.25) is 0 Å². The summed E-state index contributed by atoms with van der Waals surface area (Å²) in [6, 6.07) is 6.72. The highest BCUT2D eigenvalue weighted by Crippen LogP contribution is 2.23. The molecule has 2 aliphatic rings. The van der Waals surface area contributed by atoms with Crippen LogP contribution >= 0.6 is 0 Å². The van der Waals surface area contributed by atoms with Gasteiger partial charge in [0.15, 0.2) is 0 Å². The molecule has 3 nitrogen and oxygen atoms in total. The molecule has 0 saturated carbocycles. The molecular formula is C18H26N2O. The summed E-state index contributed by atoms with van der Waals surface area (Å²) in [7, 11) is 0. The maximum Gasteiger partial charge on any atom is 0.254 e. The van der Waals surface area contributed by atoms with E-state index in [1.54, 1.807) is 0 Å². The molecule has 1 fully saturated rings. The van der Waals surface area contributed by atoms with Gasteiger partial charge in [0, 0.05) is 24.7 Å². The first kappa shape index (κ1) is 14.6. The fourth-order valence-electron chi connectivity index (χ4n) is 3.65. The molecule has 1 unspecified atom stereocenters. The molecule has 0 spiro atoms. The van der Waals surface area contributed by atoms with Gasteiger partial charge in [-0.15, -0.1) is 0 Å². The van der Waals surface area contributed by atoms with E-state index in [0.29, 0.717) is 6.04 Å². The van der Waals surface area contributed by atoms with Crippen LogP contribution in [0, 0.1) is 0 Å². The van der Waals surface area contributed by atoms with Gasteiger partial charge in [-0.25, -0.2) is 0 Å². The van der Waals surface area contributed by atoms with Crippen molar-refractivity contribution in [3.63, 3.8) is 0 Å². The number of hydrogen-bond donors (Lipinski definition) is 1. The van der Waals surface area contributed by atoms with Crippen molar-refractivity contribution in [3.05, 3.63) is 34.9 Å². The summed E-state index contributed by atoms with van der Waals surface area (Å²) in [5.74, 6) is 0.233. The molecule has 1 N–H and O–H groups in total. The maximum absolute atomic E-state index is 12.9. The van der Waals surface area contributed by atoms with Crippen LogP contribution in [0.4, 0.5) is 0 Å². The van der Waals surface area contributed by atoms with Crippen LogP contribution in [-0.4, -0.2) is 29.9 Å². The lowest BCUT2D eigenvalue weighted by molar-refractivity contribution is 0.0678. The second-order valence-corrected chi connectivity index (χ2v) is 6.32. The van der Waals surface area contributed by atoms with Crippen LogP contribution in [0.15, 0.2) is 18.2 Å². The summed E-state index contributed by atoms with van der Waals surface area (Å²) in [5.41, 5.74) is 3.57. The van der Waals surface area contributed by atoms with Crippen molar-refractivity contribution >= 4 is 5.91 Å². The van der Waals surface area contributed by atoms with Crippen molar-refractivity contribution in [2.24, 2.45) is 0 Å². The number of likely N-dealkylation sites (tertiary alicyclic amines) is 1. The Morgan fingerprint density at radius 2 is 2.19 bits per heavy atom. The average Bonchev–Trinajstić information content (AvgIpc) is 2.79. The Morgan fingerprint density at radius 3 is 3.05 bits per heavy atom. The molecule has 114 valence electrons. The Kier molecular flexibility index (Phi) is 4.59. The Bertz CT molecular complexity index is 512. The summed E-state index contributed by atoms with van der Waals surface area (Å²) in [4.78, 5) is 15.0. The molecule has 2 aliphatic heterocycles. The van der Waals surface area contributed by atoms with Gasteiger partial charge in [-0.3, -0.25) is 4.79 Å². The van der Waals surface area contributed by atoms with Gasteiger partial charge in [0.05, 0.1) is 0 Å². The number of nitrogens with one attached hydrogen (secondary N) is 1. The minimum Gasteiger partial charge on any atom is -0.336 e. The van der Waals surface area contributed by atoms with Crippen LogP contribution in [-0.2, 0) is 13.0 Å². The minimum atomic E-state index is 0.233. The molecule has 3 heteroatoms. The van der Waals surface area contributed by atoms with Crippen LogP contribution in [0.3, 0.4) is 0 Å². The number of amides is 1. The molecule has 0 bridgehead atoms. The highest BCUT2D eigenvalue weighted by Gasteiger charge is 2.25. The maximum atomic E-state index is 12.9. The van der Waals surface area contributed by atoms with Crippen LogP contribution < -0.4 is 5.32 Å². The van der Waals surface area contributed by atoms with Crippen molar-refractivity contribution in [2.45, 2.75) is 58.0 Å². The number of carbonyl (C=O) groups is 1. The van der Waals surface area contributed by atoms with E-state index >= 15 is 0 Å². The molecular weight excluding hydrogens is 260 g/mol. The van der Waals surface area contributed by atoms with E-state index in [2.05, 4.69) is 29.3 Å². The molecule has 2 heterocycles. The van der Waals surface area contributed by atoms with Crippen molar-refractivity contribution in [2.75, 3.05) is 13.1 Å². The Morgan fingerprint density at radius 1 is 1.29 bits per heavy atom. The van der Waals surface area contributed by atoms with Gasteiger partial charge in [-0.1, -0.05) is 25.8 Å². The van der Waals surface area contributed by atoms with Gasteiger partial charge in [-0.05, 0) is 55.5 Å². The predicted molar refractivity (Wildman–Crippen MR) is 85.4 cm³/mol. The Hall–Kier alpha value is -1.35. The molecule has 21 heavy (non-hydrogen) atoms. The minimum absolute atomic E-state index is 0.233. The zero-order chi connectivity index (χ0) is 14.7. The average molecular weight is 286 g/mol. The van der Waals surface area contributed by atoms with Crippen LogP contribution in [0.5, 0.6) is 0 Å². The van der Waals surface area contributed by atoms with Gasteiger partial charge in [0.1, 0.15) is 0 Å². The number of benzene rings is 1. The third-order valence-corrected chi connectivity index (χ3v) is 4.95. The first-order valence-corrected chi connectivity index (χ1v) is 8.43. The number of hydrogen-bond acceptors (Lipinski definition) is 2. The lowest BCUT2D eigenvalue weighted by atomic mass is 9.97. The molecule has 1 amide bonds. The quantitative estimate of drug-likeness (QED) is 0.906. The normalized spacial score (nSPS) is 22.5. The van der Waals surface area contributed by atoms with Gasteiger partial charge >= 0.3 is 0 Å². The van der Waals surface area contributed by atoms with Crippen molar-refractivity contribution < 1.29 is 4.79 Å². The number of carbonyl (C=O) groups excluding carboxylic acids is 1. The van der Waals surface area contributed by atoms with E-state index < -0.39 is 0 Å². The third-order valence-electron chi connectivity index (χ3n) is 4.95. The predicted octanol–water partition coefficient (Wildman–Crippen LogP) is 3.13. The van der Waals surface area contributed by atoms with E-state index in [0.717, 1.165) is 50.9 Å². The molecule has 1 aromatic rings. The summed E-state index contributed by atoms with van der Waals surface area (Å²) in [6.07, 6.45) is 6.97. The first-order valence-electron chi connectivity index (χ1n) is 8.43. The van der Waals surface area contributed by atoms with E-state index in [1.165, 1.54) is 24.0 Å². The van der Waals surface area contributed by atoms with E-state index in [4.69, 9.17) is 0 Å². The lowest BCUT2D eigenvalue weighted by Gasteiger charge is -2.30. The van der Waals surface area contributed by atoms with Gasteiger partial charge in [0.25, 0.3) is 5.91 Å². The largest absolute Gasteiger partial charge is 0.336 e. The molecule has 1 saturated heterocycles. The van der Waals surface area contributed by atoms with Crippen LogP contribution in [0.1, 0.15) is 60.5 Å². The second-order valence-electron chi connectivity index (χ2n) is 6.32. The highest BCUT2D eigenvalue weighted by molar-refractivity contribution is 5.94. The fraction of sp³-hybridized carbons (Fsp3) is 0.611. The Labute approximate surface area is 127 Å². The van der Waals surface area contributed by atoms with E-state index in [9.17, 15) is 4.79 Å². The third kappa shape index (κ3) is 3.13. The molecule has 1 aromatic carbocycles. The molecule has 0 aromatic heterocycles.